The number of amides is 1. The predicted octanol–water partition coefficient (Wildman–Crippen LogP) is 2.23. The lowest BCUT2D eigenvalue weighted by Gasteiger charge is -2.15. The molecule has 0 saturated carbocycles. The Morgan fingerprint density at radius 3 is 2.36 bits per heavy atom. The van der Waals surface area contributed by atoms with Crippen LogP contribution in [0.4, 0.5) is 0 Å². The Morgan fingerprint density at radius 2 is 1.93 bits per heavy atom. The van der Waals surface area contributed by atoms with Gasteiger partial charge in [0.2, 0.25) is 5.91 Å². The molecule has 0 fully saturated rings. The fourth-order valence-corrected chi connectivity index (χ4v) is 1.39. The highest BCUT2D eigenvalue weighted by Gasteiger charge is 2.17. The van der Waals surface area contributed by atoms with Crippen LogP contribution in [0.3, 0.4) is 0 Å². The van der Waals surface area contributed by atoms with Crippen molar-refractivity contribution in [1.82, 2.24) is 5.32 Å². The molecule has 3 heteroatoms. The summed E-state index contributed by atoms with van der Waals surface area (Å²) in [5, 5.41) is 11.6. The zero-order valence-corrected chi connectivity index (χ0v) is 9.34. The van der Waals surface area contributed by atoms with E-state index in [-0.39, 0.29) is 11.9 Å². The van der Waals surface area contributed by atoms with Crippen LogP contribution in [-0.4, -0.2) is 11.9 Å². The van der Waals surface area contributed by atoms with Gasteiger partial charge in [-0.3, -0.25) is 4.79 Å². The van der Waals surface area contributed by atoms with E-state index in [1.54, 1.807) is 0 Å². The Morgan fingerprint density at radius 1 is 1.36 bits per heavy atom. The van der Waals surface area contributed by atoms with Crippen LogP contribution in [0.15, 0.2) is 0 Å². The lowest BCUT2D eigenvalue weighted by Crippen LogP contribution is -2.36. The third-order valence-corrected chi connectivity index (χ3v) is 2.16. The minimum Gasteiger partial charge on any atom is -0.353 e. The molecule has 0 aliphatic heterocycles. The Bertz CT molecular complexity index is 208. The second-order valence-corrected chi connectivity index (χ2v) is 3.67. The van der Waals surface area contributed by atoms with E-state index < -0.39 is 5.92 Å². The van der Waals surface area contributed by atoms with Gasteiger partial charge in [-0.25, -0.2) is 0 Å². The lowest BCUT2D eigenvalue weighted by molar-refractivity contribution is -0.124. The van der Waals surface area contributed by atoms with Gasteiger partial charge in [0.1, 0.15) is 5.92 Å². The van der Waals surface area contributed by atoms with E-state index in [1.165, 1.54) is 0 Å². The molecule has 0 aromatic heterocycles. The number of hydrogen-bond acceptors (Lipinski definition) is 2. The largest absolute Gasteiger partial charge is 0.353 e. The van der Waals surface area contributed by atoms with Crippen LogP contribution < -0.4 is 5.32 Å². The average molecular weight is 196 g/mol. The maximum Gasteiger partial charge on any atom is 0.237 e. The van der Waals surface area contributed by atoms with Crippen LogP contribution >= 0.6 is 0 Å². The first-order valence-corrected chi connectivity index (χ1v) is 5.35. The summed E-state index contributed by atoms with van der Waals surface area (Å²) in [6.07, 6.45) is 3.54. The lowest BCUT2D eigenvalue weighted by atomic mass is 10.0. The molecule has 0 bridgehead atoms. The standard InChI is InChI=1S/C11H20N2O/c1-4-6-9(3)13-11(14)10(8-12)7-5-2/h9-10H,4-7H2,1-3H3,(H,13,14). The van der Waals surface area contributed by atoms with Crippen molar-refractivity contribution in [3.8, 4) is 6.07 Å². The second kappa shape index (κ2) is 7.37. The minimum absolute atomic E-state index is 0.115. The number of nitrogens with one attached hydrogen (secondary N) is 1. The second-order valence-electron chi connectivity index (χ2n) is 3.67. The van der Waals surface area contributed by atoms with Crippen LogP contribution in [0, 0.1) is 17.2 Å². The quantitative estimate of drug-likeness (QED) is 0.708. The third-order valence-electron chi connectivity index (χ3n) is 2.16. The van der Waals surface area contributed by atoms with Gasteiger partial charge in [-0.15, -0.1) is 0 Å². The first-order valence-electron chi connectivity index (χ1n) is 5.35. The van der Waals surface area contributed by atoms with Crippen molar-refractivity contribution in [3.05, 3.63) is 0 Å². The molecule has 0 heterocycles. The van der Waals surface area contributed by atoms with E-state index in [1.807, 2.05) is 19.9 Å². The molecule has 0 aromatic rings. The molecule has 3 nitrogen and oxygen atoms in total. The van der Waals surface area contributed by atoms with Crippen molar-refractivity contribution in [1.29, 1.82) is 5.26 Å². The van der Waals surface area contributed by atoms with Gasteiger partial charge >= 0.3 is 0 Å². The molecule has 0 radical (unpaired) electrons. The minimum atomic E-state index is -0.473. The zero-order chi connectivity index (χ0) is 11.0. The van der Waals surface area contributed by atoms with Crippen LogP contribution in [0.2, 0.25) is 0 Å². The number of nitrogens with zero attached hydrogens (tertiary/aromatic N) is 1. The molecule has 0 aliphatic carbocycles. The molecular weight excluding hydrogens is 176 g/mol. The summed E-state index contributed by atoms with van der Waals surface area (Å²) in [5.74, 6) is -0.588. The fourth-order valence-electron chi connectivity index (χ4n) is 1.39. The van der Waals surface area contributed by atoms with Gasteiger partial charge in [0.05, 0.1) is 6.07 Å². The molecule has 2 atom stereocenters. The van der Waals surface area contributed by atoms with Gasteiger partial charge in [0.15, 0.2) is 0 Å². The topological polar surface area (TPSA) is 52.9 Å². The van der Waals surface area contributed by atoms with Crippen molar-refractivity contribution in [2.45, 2.75) is 52.5 Å². The van der Waals surface area contributed by atoms with Crippen LogP contribution in [0.1, 0.15) is 46.5 Å². The van der Waals surface area contributed by atoms with E-state index in [2.05, 4.69) is 12.2 Å². The summed E-state index contributed by atoms with van der Waals surface area (Å²) in [6, 6.07) is 2.22. The smallest absolute Gasteiger partial charge is 0.237 e. The molecule has 14 heavy (non-hydrogen) atoms. The van der Waals surface area contributed by atoms with Crippen molar-refractivity contribution < 1.29 is 4.79 Å². The molecule has 0 aromatic carbocycles. The molecule has 1 N–H and O–H groups in total. The Balaban J connectivity index is 3.98. The SMILES string of the molecule is CCCC(C)NC(=O)C(C#N)CCC. The van der Waals surface area contributed by atoms with Crippen molar-refractivity contribution in [2.75, 3.05) is 0 Å². The van der Waals surface area contributed by atoms with Gasteiger partial charge in [0, 0.05) is 6.04 Å². The summed E-state index contributed by atoms with van der Waals surface area (Å²) in [4.78, 5) is 11.5. The van der Waals surface area contributed by atoms with Crippen LogP contribution in [-0.2, 0) is 4.79 Å². The number of carbonyl (C=O) groups excluding carboxylic acids is 1. The van der Waals surface area contributed by atoms with E-state index >= 15 is 0 Å². The summed E-state index contributed by atoms with van der Waals surface area (Å²) in [6.45, 7) is 6.03. The maximum atomic E-state index is 11.5. The molecule has 0 rings (SSSR count). The highest BCUT2D eigenvalue weighted by Crippen LogP contribution is 2.06. The van der Waals surface area contributed by atoms with Crippen molar-refractivity contribution >= 4 is 5.91 Å². The monoisotopic (exact) mass is 196 g/mol. The number of nitriles is 1. The molecular formula is C11H20N2O. The molecule has 1 amide bonds. The normalized spacial score (nSPS) is 14.1. The molecule has 2 unspecified atom stereocenters. The summed E-state index contributed by atoms with van der Waals surface area (Å²) < 4.78 is 0. The maximum absolute atomic E-state index is 11.5. The van der Waals surface area contributed by atoms with Crippen molar-refractivity contribution in [3.63, 3.8) is 0 Å². The van der Waals surface area contributed by atoms with Crippen LogP contribution in [0.5, 0.6) is 0 Å². The fraction of sp³-hybridized carbons (Fsp3) is 0.818. The van der Waals surface area contributed by atoms with Gasteiger partial charge in [-0.2, -0.15) is 5.26 Å². The molecule has 0 spiro atoms. The first-order chi connectivity index (χ1) is 6.65. The summed E-state index contributed by atoms with van der Waals surface area (Å²) in [7, 11) is 0. The average Bonchev–Trinajstić information content (AvgIpc) is 2.14. The Labute approximate surface area is 86.5 Å². The first kappa shape index (κ1) is 13.0. The highest BCUT2D eigenvalue weighted by molar-refractivity contribution is 5.81. The summed E-state index contributed by atoms with van der Waals surface area (Å²) in [5.41, 5.74) is 0. The van der Waals surface area contributed by atoms with Crippen molar-refractivity contribution in [2.24, 2.45) is 5.92 Å². The summed E-state index contributed by atoms with van der Waals surface area (Å²) >= 11 is 0. The Kier molecular flexibility index (Phi) is 6.82. The van der Waals surface area contributed by atoms with Gasteiger partial charge in [-0.1, -0.05) is 26.7 Å². The van der Waals surface area contributed by atoms with Crippen LogP contribution in [0.25, 0.3) is 0 Å². The van der Waals surface area contributed by atoms with E-state index in [0.717, 1.165) is 19.3 Å². The van der Waals surface area contributed by atoms with Gasteiger partial charge in [-0.05, 0) is 19.8 Å². The number of hydrogen-bond donors (Lipinski definition) is 1. The number of carbonyl (C=O) groups is 1. The zero-order valence-electron chi connectivity index (χ0n) is 9.34. The molecule has 80 valence electrons. The Hall–Kier alpha value is -1.04. The van der Waals surface area contributed by atoms with E-state index in [0.29, 0.717) is 6.42 Å². The number of rotatable bonds is 6. The highest BCUT2D eigenvalue weighted by atomic mass is 16.1. The van der Waals surface area contributed by atoms with E-state index in [9.17, 15) is 4.79 Å². The third kappa shape index (κ3) is 4.86. The molecule has 0 saturated heterocycles. The van der Waals surface area contributed by atoms with Gasteiger partial charge in [0.25, 0.3) is 0 Å². The van der Waals surface area contributed by atoms with Gasteiger partial charge < -0.3 is 5.32 Å². The molecule has 0 aliphatic rings. The predicted molar refractivity (Wildman–Crippen MR) is 56.5 cm³/mol. The van der Waals surface area contributed by atoms with E-state index in [4.69, 9.17) is 5.26 Å².